The summed E-state index contributed by atoms with van der Waals surface area (Å²) in [6.07, 6.45) is 1.87. The van der Waals surface area contributed by atoms with E-state index in [9.17, 15) is 4.79 Å². The number of carboxylic acid groups (broad SMARTS) is 1. The van der Waals surface area contributed by atoms with Crippen molar-refractivity contribution >= 4 is 25.6 Å². The fraction of sp³-hybridized carbons (Fsp3) is 0.407. The molecule has 2 heterocycles. The summed E-state index contributed by atoms with van der Waals surface area (Å²) in [6, 6.07) is 17.3. The van der Waals surface area contributed by atoms with Crippen LogP contribution >= 0.6 is 11.3 Å². The summed E-state index contributed by atoms with van der Waals surface area (Å²) >= 11 is 1.24. The zero-order chi connectivity index (χ0) is 25.5. The molecule has 6 nitrogen and oxygen atoms in total. The molecule has 0 amide bonds. The van der Waals surface area contributed by atoms with Crippen LogP contribution in [0.1, 0.15) is 36.0 Å². The lowest BCUT2D eigenvalue weighted by atomic mass is 10.2. The number of aromatic nitrogens is 1. The van der Waals surface area contributed by atoms with Crippen molar-refractivity contribution in [3.8, 4) is 16.3 Å². The molecular formula is C27H36N2O4SSi. The van der Waals surface area contributed by atoms with Crippen molar-refractivity contribution in [1.82, 2.24) is 9.88 Å². The molecule has 0 atom stereocenters. The highest BCUT2D eigenvalue weighted by molar-refractivity contribution is 7.17. The molecule has 0 fully saturated rings. The Morgan fingerprint density at radius 3 is 2.34 bits per heavy atom. The van der Waals surface area contributed by atoms with Gasteiger partial charge in [-0.25, -0.2) is 4.79 Å². The van der Waals surface area contributed by atoms with E-state index in [1.54, 1.807) is 6.07 Å². The maximum absolute atomic E-state index is 11.2. The van der Waals surface area contributed by atoms with E-state index in [0.717, 1.165) is 41.5 Å². The summed E-state index contributed by atoms with van der Waals surface area (Å²) in [7, 11) is -1.81. The minimum atomic E-state index is -1.81. The SMILES string of the molecule is CC(C)(C)[Si](C)(C)OCCN(CCOc1ccccc1)Cc1ccc(-c2ccc(C(=O)O)s2)nc1. The molecule has 0 aliphatic rings. The first-order valence-corrected chi connectivity index (χ1v) is 15.6. The molecule has 35 heavy (non-hydrogen) atoms. The van der Waals surface area contributed by atoms with Crippen LogP contribution in [0.5, 0.6) is 5.75 Å². The van der Waals surface area contributed by atoms with Crippen molar-refractivity contribution < 1.29 is 19.1 Å². The Bertz CT molecular complexity index is 1080. The van der Waals surface area contributed by atoms with Gasteiger partial charge >= 0.3 is 5.97 Å². The second-order valence-corrected chi connectivity index (χ2v) is 16.0. The highest BCUT2D eigenvalue weighted by Gasteiger charge is 2.37. The first kappa shape index (κ1) is 27.1. The van der Waals surface area contributed by atoms with E-state index in [1.165, 1.54) is 11.3 Å². The van der Waals surface area contributed by atoms with Gasteiger partial charge in [0.05, 0.1) is 10.6 Å². The lowest BCUT2D eigenvalue weighted by Crippen LogP contribution is -2.43. The van der Waals surface area contributed by atoms with Crippen molar-refractivity contribution in [3.63, 3.8) is 0 Å². The molecule has 0 unspecified atom stereocenters. The third-order valence-electron chi connectivity index (χ3n) is 6.40. The van der Waals surface area contributed by atoms with E-state index in [0.29, 0.717) is 18.1 Å². The van der Waals surface area contributed by atoms with E-state index in [1.807, 2.05) is 48.7 Å². The van der Waals surface area contributed by atoms with Gasteiger partial charge in [-0.3, -0.25) is 9.88 Å². The van der Waals surface area contributed by atoms with E-state index < -0.39 is 14.3 Å². The Balaban J connectivity index is 1.63. The summed E-state index contributed by atoms with van der Waals surface area (Å²) in [4.78, 5) is 19.3. The number of carboxylic acids is 1. The number of hydrogen-bond acceptors (Lipinski definition) is 6. The standard InChI is InChI=1S/C27H36N2O4SSi/c1-27(2,3)35(4,5)33-18-16-29(15-17-32-22-9-7-6-8-10-22)20-21-11-12-23(28-19-21)24-13-14-25(34-24)26(30)31/h6-14,19H,15-18,20H2,1-5H3,(H,30,31). The monoisotopic (exact) mass is 512 g/mol. The van der Waals surface area contributed by atoms with Gasteiger partial charge in [-0.1, -0.05) is 45.0 Å². The number of nitrogens with zero attached hydrogens (tertiary/aromatic N) is 2. The number of carbonyl (C=O) groups is 1. The quantitative estimate of drug-likeness (QED) is 0.283. The lowest BCUT2D eigenvalue weighted by molar-refractivity contribution is 0.0702. The number of pyridine rings is 1. The van der Waals surface area contributed by atoms with Crippen molar-refractivity contribution in [2.45, 2.75) is 45.4 Å². The van der Waals surface area contributed by atoms with Gasteiger partial charge in [0.2, 0.25) is 0 Å². The molecule has 8 heteroatoms. The topological polar surface area (TPSA) is 71.9 Å². The van der Waals surface area contributed by atoms with Gasteiger partial charge < -0.3 is 14.3 Å². The Labute approximate surface area is 213 Å². The first-order chi connectivity index (χ1) is 16.5. The number of ether oxygens (including phenoxy) is 1. The van der Waals surface area contributed by atoms with Crippen LogP contribution in [0.2, 0.25) is 18.1 Å². The minimum absolute atomic E-state index is 0.177. The Kier molecular flexibility index (Phi) is 9.24. The minimum Gasteiger partial charge on any atom is -0.492 e. The third kappa shape index (κ3) is 8.00. The van der Waals surface area contributed by atoms with Crippen LogP contribution < -0.4 is 4.74 Å². The number of aromatic carboxylic acids is 1. The van der Waals surface area contributed by atoms with Gasteiger partial charge in [0, 0.05) is 32.4 Å². The Morgan fingerprint density at radius 1 is 1.03 bits per heavy atom. The molecule has 0 bridgehead atoms. The molecule has 1 N–H and O–H groups in total. The third-order valence-corrected chi connectivity index (χ3v) is 12.0. The molecule has 0 saturated heterocycles. The summed E-state index contributed by atoms with van der Waals surface area (Å²) < 4.78 is 12.4. The molecule has 0 aliphatic carbocycles. The predicted molar refractivity (Wildman–Crippen MR) is 145 cm³/mol. The van der Waals surface area contributed by atoms with Crippen molar-refractivity contribution in [2.24, 2.45) is 0 Å². The summed E-state index contributed by atoms with van der Waals surface area (Å²) in [5, 5.41) is 9.34. The van der Waals surface area contributed by atoms with E-state index >= 15 is 0 Å². The maximum atomic E-state index is 11.2. The van der Waals surface area contributed by atoms with E-state index in [2.05, 4.69) is 49.8 Å². The van der Waals surface area contributed by atoms with Gasteiger partial charge in [0.25, 0.3) is 0 Å². The molecule has 0 radical (unpaired) electrons. The van der Waals surface area contributed by atoms with Crippen LogP contribution in [0.25, 0.3) is 10.6 Å². The molecule has 3 rings (SSSR count). The number of benzene rings is 1. The fourth-order valence-corrected chi connectivity index (χ4v) is 5.09. The van der Waals surface area contributed by atoms with Crippen molar-refractivity contribution in [3.05, 3.63) is 71.2 Å². The fourth-order valence-electron chi connectivity index (χ4n) is 3.24. The number of para-hydroxylation sites is 1. The molecule has 1 aromatic carbocycles. The summed E-state index contributed by atoms with van der Waals surface area (Å²) in [6.45, 7) is 14.9. The highest BCUT2D eigenvalue weighted by atomic mass is 32.1. The van der Waals surface area contributed by atoms with Crippen LogP contribution in [0.3, 0.4) is 0 Å². The van der Waals surface area contributed by atoms with Crippen LogP contribution in [-0.4, -0.2) is 55.6 Å². The van der Waals surface area contributed by atoms with Crippen molar-refractivity contribution in [2.75, 3.05) is 26.3 Å². The molecule has 3 aromatic rings. The Hall–Kier alpha value is -2.52. The van der Waals surface area contributed by atoms with Gasteiger partial charge in [-0.2, -0.15) is 0 Å². The molecule has 0 spiro atoms. The van der Waals surface area contributed by atoms with Gasteiger partial charge in [-0.15, -0.1) is 11.3 Å². The predicted octanol–water partition coefficient (Wildman–Crippen LogP) is 6.41. The molecule has 0 aliphatic heterocycles. The maximum Gasteiger partial charge on any atom is 0.345 e. The van der Waals surface area contributed by atoms with Crippen LogP contribution in [0, 0.1) is 0 Å². The molecule has 2 aromatic heterocycles. The van der Waals surface area contributed by atoms with Crippen LogP contribution in [-0.2, 0) is 11.0 Å². The normalized spacial score (nSPS) is 12.2. The van der Waals surface area contributed by atoms with Gasteiger partial charge in [-0.05, 0) is 54.0 Å². The number of rotatable bonds is 12. The first-order valence-electron chi connectivity index (χ1n) is 11.9. The van der Waals surface area contributed by atoms with Gasteiger partial charge in [0.1, 0.15) is 17.2 Å². The number of hydrogen-bond donors (Lipinski definition) is 1. The smallest absolute Gasteiger partial charge is 0.345 e. The second kappa shape index (κ2) is 11.9. The average Bonchev–Trinajstić information content (AvgIpc) is 3.30. The lowest BCUT2D eigenvalue weighted by Gasteiger charge is -2.36. The molecule has 188 valence electrons. The molecular weight excluding hydrogens is 476 g/mol. The van der Waals surface area contributed by atoms with Crippen molar-refractivity contribution in [1.29, 1.82) is 0 Å². The zero-order valence-corrected chi connectivity index (χ0v) is 23.1. The molecule has 0 saturated carbocycles. The highest BCUT2D eigenvalue weighted by Crippen LogP contribution is 2.36. The van der Waals surface area contributed by atoms with Gasteiger partial charge in [0.15, 0.2) is 8.32 Å². The Morgan fingerprint density at radius 2 is 1.74 bits per heavy atom. The largest absolute Gasteiger partial charge is 0.492 e. The van der Waals surface area contributed by atoms with E-state index in [4.69, 9.17) is 14.3 Å². The number of thiophene rings is 1. The van der Waals surface area contributed by atoms with E-state index in [-0.39, 0.29) is 5.04 Å². The zero-order valence-electron chi connectivity index (χ0n) is 21.3. The second-order valence-electron chi connectivity index (χ2n) is 10.1. The summed E-state index contributed by atoms with van der Waals surface area (Å²) in [5.41, 5.74) is 1.88. The van der Waals surface area contributed by atoms with Crippen LogP contribution in [0.15, 0.2) is 60.8 Å². The van der Waals surface area contributed by atoms with Crippen LogP contribution in [0.4, 0.5) is 0 Å². The average molecular weight is 513 g/mol. The summed E-state index contributed by atoms with van der Waals surface area (Å²) in [5.74, 6) is -0.0428.